The minimum absolute atomic E-state index is 0.0747. The van der Waals surface area contributed by atoms with Crippen molar-refractivity contribution in [2.75, 3.05) is 13.1 Å². The van der Waals surface area contributed by atoms with Crippen LogP contribution in [0.15, 0.2) is 30.3 Å². The first-order chi connectivity index (χ1) is 11.1. The number of hydrogen-bond acceptors (Lipinski definition) is 5. The molecule has 1 aromatic carbocycles. The Kier molecular flexibility index (Phi) is 4.00. The Morgan fingerprint density at radius 2 is 2.04 bits per heavy atom. The van der Waals surface area contributed by atoms with Crippen molar-refractivity contribution in [1.82, 2.24) is 30.7 Å². The molecule has 1 fully saturated rings. The maximum absolute atomic E-state index is 11.8. The molecule has 1 aliphatic rings. The van der Waals surface area contributed by atoms with E-state index in [0.717, 1.165) is 10.5 Å². The number of H-pyrrole nitrogens is 1. The first-order valence-corrected chi connectivity index (χ1v) is 6.95. The molecule has 0 saturated carbocycles. The first kappa shape index (κ1) is 14.7. The average molecular weight is 314 g/mol. The number of hydrogen-bond donors (Lipinski definition) is 3. The van der Waals surface area contributed by atoms with Gasteiger partial charge in [0.25, 0.3) is 5.91 Å². The van der Waals surface area contributed by atoms with Gasteiger partial charge in [-0.3, -0.25) is 19.6 Å². The third-order valence-electron chi connectivity index (χ3n) is 3.26. The fraction of sp³-hybridized carbons (Fsp3) is 0.214. The zero-order valence-corrected chi connectivity index (χ0v) is 12.1. The standard InChI is InChI=1S/C14H14N6O3/c21-11(8-20-12(22)7-16-14(20)23)15-6-10-17-13(19-18-10)9-4-2-1-3-5-9/h1-5H,6-8H2,(H,15,21)(H,16,23)(H,17,18,19). The number of carbonyl (C=O) groups excluding carboxylic acids is 3. The van der Waals surface area contributed by atoms with E-state index in [2.05, 4.69) is 25.8 Å². The summed E-state index contributed by atoms with van der Waals surface area (Å²) in [7, 11) is 0. The maximum atomic E-state index is 11.8. The number of nitrogens with zero attached hydrogens (tertiary/aromatic N) is 3. The van der Waals surface area contributed by atoms with E-state index in [9.17, 15) is 14.4 Å². The van der Waals surface area contributed by atoms with Gasteiger partial charge >= 0.3 is 6.03 Å². The molecule has 2 aromatic rings. The van der Waals surface area contributed by atoms with Crippen molar-refractivity contribution >= 4 is 17.8 Å². The molecule has 1 aliphatic heterocycles. The molecule has 0 aliphatic carbocycles. The van der Waals surface area contributed by atoms with Gasteiger partial charge in [-0.2, -0.15) is 5.10 Å². The molecule has 0 atom stereocenters. The summed E-state index contributed by atoms with van der Waals surface area (Å²) < 4.78 is 0. The monoisotopic (exact) mass is 314 g/mol. The summed E-state index contributed by atoms with van der Waals surface area (Å²) in [6, 6.07) is 8.85. The van der Waals surface area contributed by atoms with Crippen LogP contribution < -0.4 is 10.6 Å². The van der Waals surface area contributed by atoms with Crippen LogP contribution in [0.3, 0.4) is 0 Å². The van der Waals surface area contributed by atoms with E-state index in [1.165, 1.54) is 0 Å². The lowest BCUT2D eigenvalue weighted by molar-refractivity contribution is -0.130. The molecule has 118 valence electrons. The van der Waals surface area contributed by atoms with Crippen molar-refractivity contribution in [3.63, 3.8) is 0 Å². The second-order valence-corrected chi connectivity index (χ2v) is 4.89. The lowest BCUT2D eigenvalue weighted by atomic mass is 10.2. The topological polar surface area (TPSA) is 120 Å². The number of nitrogens with one attached hydrogen (secondary N) is 3. The van der Waals surface area contributed by atoms with Crippen LogP contribution in [0.4, 0.5) is 4.79 Å². The van der Waals surface area contributed by atoms with Gasteiger partial charge in [0, 0.05) is 5.56 Å². The predicted molar refractivity (Wildman–Crippen MR) is 78.8 cm³/mol. The Balaban J connectivity index is 1.54. The van der Waals surface area contributed by atoms with Crippen molar-refractivity contribution in [2.24, 2.45) is 0 Å². The van der Waals surface area contributed by atoms with E-state index in [1.54, 1.807) is 0 Å². The fourth-order valence-corrected chi connectivity index (χ4v) is 2.09. The Morgan fingerprint density at radius 1 is 1.26 bits per heavy atom. The number of urea groups is 1. The molecule has 0 radical (unpaired) electrons. The van der Waals surface area contributed by atoms with E-state index in [1.807, 2.05) is 30.3 Å². The van der Waals surface area contributed by atoms with Crippen LogP contribution in [-0.2, 0) is 16.1 Å². The van der Waals surface area contributed by atoms with Crippen LogP contribution in [0.5, 0.6) is 0 Å². The second-order valence-electron chi connectivity index (χ2n) is 4.89. The quantitative estimate of drug-likeness (QED) is 0.651. The fourth-order valence-electron chi connectivity index (χ4n) is 2.09. The summed E-state index contributed by atoms with van der Waals surface area (Å²) in [6.45, 7) is -0.263. The molecule has 9 nitrogen and oxygen atoms in total. The van der Waals surface area contributed by atoms with Crippen molar-refractivity contribution in [1.29, 1.82) is 0 Å². The molecule has 1 aromatic heterocycles. The Labute approximate surface area is 131 Å². The van der Waals surface area contributed by atoms with Crippen molar-refractivity contribution in [3.8, 4) is 11.4 Å². The highest BCUT2D eigenvalue weighted by molar-refractivity contribution is 6.04. The highest BCUT2D eigenvalue weighted by atomic mass is 16.2. The second kappa shape index (κ2) is 6.26. The average Bonchev–Trinajstić information content (AvgIpc) is 3.16. The van der Waals surface area contributed by atoms with Gasteiger partial charge in [0.15, 0.2) is 5.82 Å². The van der Waals surface area contributed by atoms with Crippen molar-refractivity contribution in [3.05, 3.63) is 36.2 Å². The maximum Gasteiger partial charge on any atom is 0.325 e. The molecule has 4 amide bonds. The molecule has 0 spiro atoms. The SMILES string of the molecule is O=C(CN1C(=O)CNC1=O)NCc1nc(-c2ccccc2)n[nH]1. The third kappa shape index (κ3) is 3.34. The zero-order chi connectivity index (χ0) is 16.2. The molecular weight excluding hydrogens is 300 g/mol. The number of aromatic amines is 1. The summed E-state index contributed by atoms with van der Waals surface area (Å²) in [5, 5.41) is 11.7. The van der Waals surface area contributed by atoms with E-state index in [-0.39, 0.29) is 19.6 Å². The normalized spacial score (nSPS) is 14.0. The molecule has 1 saturated heterocycles. The van der Waals surface area contributed by atoms with Gasteiger partial charge in [-0.25, -0.2) is 9.78 Å². The Hall–Kier alpha value is -3.23. The highest BCUT2D eigenvalue weighted by Crippen LogP contribution is 2.13. The smallest absolute Gasteiger partial charge is 0.325 e. The third-order valence-corrected chi connectivity index (χ3v) is 3.26. The molecule has 9 heteroatoms. The number of carbonyl (C=O) groups is 3. The summed E-state index contributed by atoms with van der Waals surface area (Å²) in [6.07, 6.45) is 0. The van der Waals surface area contributed by atoms with Gasteiger partial charge < -0.3 is 10.6 Å². The lowest BCUT2D eigenvalue weighted by Gasteiger charge is -2.11. The number of amides is 4. The van der Waals surface area contributed by atoms with E-state index in [4.69, 9.17) is 0 Å². The van der Waals surface area contributed by atoms with Gasteiger partial charge in [-0.15, -0.1) is 0 Å². The predicted octanol–water partition coefficient (Wildman–Crippen LogP) is -0.360. The zero-order valence-electron chi connectivity index (χ0n) is 12.1. The van der Waals surface area contributed by atoms with Gasteiger partial charge in [-0.1, -0.05) is 30.3 Å². The van der Waals surface area contributed by atoms with Gasteiger partial charge in [-0.05, 0) is 0 Å². The highest BCUT2D eigenvalue weighted by Gasteiger charge is 2.30. The summed E-state index contributed by atoms with van der Waals surface area (Å²) in [4.78, 5) is 39.7. The molecule has 0 unspecified atom stereocenters. The van der Waals surface area contributed by atoms with Crippen LogP contribution in [0, 0.1) is 0 Å². The summed E-state index contributed by atoms with van der Waals surface area (Å²) >= 11 is 0. The van der Waals surface area contributed by atoms with Crippen LogP contribution in [0.2, 0.25) is 0 Å². The molecule has 0 bridgehead atoms. The minimum Gasteiger partial charge on any atom is -0.347 e. The number of imide groups is 1. The van der Waals surface area contributed by atoms with Crippen LogP contribution in [0.1, 0.15) is 5.82 Å². The van der Waals surface area contributed by atoms with Gasteiger partial charge in [0.2, 0.25) is 5.91 Å². The Bertz CT molecular complexity index is 726. The van der Waals surface area contributed by atoms with Crippen LogP contribution in [-0.4, -0.2) is 51.0 Å². The molecule has 23 heavy (non-hydrogen) atoms. The largest absolute Gasteiger partial charge is 0.347 e. The van der Waals surface area contributed by atoms with E-state index in [0.29, 0.717) is 11.6 Å². The van der Waals surface area contributed by atoms with Gasteiger partial charge in [0.05, 0.1) is 13.1 Å². The van der Waals surface area contributed by atoms with Crippen molar-refractivity contribution in [2.45, 2.75) is 6.54 Å². The minimum atomic E-state index is -0.559. The Morgan fingerprint density at radius 3 is 2.74 bits per heavy atom. The number of rotatable bonds is 5. The summed E-state index contributed by atoms with van der Waals surface area (Å²) in [5.74, 6) is 0.141. The molecular formula is C14H14N6O3. The molecule has 3 rings (SSSR count). The van der Waals surface area contributed by atoms with E-state index >= 15 is 0 Å². The molecule has 3 N–H and O–H groups in total. The van der Waals surface area contributed by atoms with Gasteiger partial charge in [0.1, 0.15) is 12.4 Å². The number of benzene rings is 1. The lowest BCUT2D eigenvalue weighted by Crippen LogP contribution is -2.40. The number of aromatic nitrogens is 3. The first-order valence-electron chi connectivity index (χ1n) is 6.95. The van der Waals surface area contributed by atoms with Crippen LogP contribution >= 0.6 is 0 Å². The van der Waals surface area contributed by atoms with Crippen molar-refractivity contribution < 1.29 is 14.4 Å². The molecule has 2 heterocycles. The van der Waals surface area contributed by atoms with Crippen LogP contribution in [0.25, 0.3) is 11.4 Å². The summed E-state index contributed by atoms with van der Waals surface area (Å²) in [5.41, 5.74) is 0.862. The van der Waals surface area contributed by atoms with E-state index < -0.39 is 17.8 Å².